The molecule has 0 fully saturated rings. The molecule has 1 heterocycles. The fourth-order valence-electron chi connectivity index (χ4n) is 2.14. The quantitative estimate of drug-likeness (QED) is 0.767. The molecule has 2 aromatic carbocycles. The molecule has 0 aliphatic heterocycles. The van der Waals surface area contributed by atoms with Crippen LogP contribution in [0, 0.1) is 0 Å². The number of hydrogen-bond acceptors (Lipinski definition) is 3. The minimum absolute atomic E-state index is 0.209. The van der Waals surface area contributed by atoms with Crippen LogP contribution in [0.5, 0.6) is 11.8 Å². The number of rotatable bonds is 2. The van der Waals surface area contributed by atoms with Crippen LogP contribution in [0.3, 0.4) is 0 Å². The van der Waals surface area contributed by atoms with Gasteiger partial charge in [0.25, 0.3) is 0 Å². The van der Waals surface area contributed by atoms with Gasteiger partial charge >= 0.3 is 11.6 Å². The summed E-state index contributed by atoms with van der Waals surface area (Å²) in [6.07, 6.45) is 0. The van der Waals surface area contributed by atoms with E-state index in [2.05, 4.69) is 4.98 Å². The van der Waals surface area contributed by atoms with E-state index in [1.165, 1.54) is 4.57 Å². The average molecular weight is 269 g/mol. The molecule has 0 aliphatic carbocycles. The van der Waals surface area contributed by atoms with Gasteiger partial charge in [-0.25, -0.2) is 9.78 Å². The summed E-state index contributed by atoms with van der Waals surface area (Å²) in [4.78, 5) is 15.3. The van der Waals surface area contributed by atoms with Gasteiger partial charge < -0.3 is 9.84 Å². The number of aromatic nitrogens is 2. The lowest BCUT2D eigenvalue weighted by molar-refractivity contribution is -0.370. The van der Waals surface area contributed by atoms with Crippen molar-refractivity contribution in [2.24, 2.45) is 0 Å². The van der Waals surface area contributed by atoms with Crippen LogP contribution in [0.15, 0.2) is 53.3 Å². The summed E-state index contributed by atoms with van der Waals surface area (Å²) in [6, 6.07) is 13.7. The second-order valence-electron chi connectivity index (χ2n) is 4.33. The molecule has 100 valence electrons. The summed E-state index contributed by atoms with van der Waals surface area (Å²) in [5.41, 5.74) is 0.886. The first-order chi connectivity index (χ1) is 9.70. The van der Waals surface area contributed by atoms with Crippen molar-refractivity contribution in [2.45, 2.75) is 0 Å². The Bertz CT molecular complexity index is 823. The molecule has 5 heteroatoms. The van der Waals surface area contributed by atoms with Gasteiger partial charge in [0, 0.05) is 0 Å². The van der Waals surface area contributed by atoms with Crippen LogP contribution in [-0.2, 0) is 0 Å². The van der Waals surface area contributed by atoms with Gasteiger partial charge in [-0.05, 0) is 36.4 Å². The molecule has 0 amide bonds. The molecule has 0 bridgehead atoms. The third-order valence-electron chi connectivity index (χ3n) is 3.15. The van der Waals surface area contributed by atoms with Crippen LogP contribution in [-0.4, -0.2) is 16.8 Å². The Morgan fingerprint density at radius 1 is 1.10 bits per heavy atom. The molecule has 0 aliphatic rings. The van der Waals surface area contributed by atoms with Crippen LogP contribution in [0.4, 0.5) is 0 Å². The minimum atomic E-state index is -0.276. The first kappa shape index (κ1) is 12.2. The van der Waals surface area contributed by atoms with E-state index in [4.69, 9.17) is 4.74 Å². The largest absolute Gasteiger partial charge is 0.497 e. The molecule has 0 saturated heterocycles. The van der Waals surface area contributed by atoms with Crippen molar-refractivity contribution >= 4 is 10.9 Å². The molecule has 5 nitrogen and oxygen atoms in total. The Morgan fingerprint density at radius 3 is 2.50 bits per heavy atom. The summed E-state index contributed by atoms with van der Waals surface area (Å²) in [5.74, 6) is 0.686. The molecule has 0 saturated carbocycles. The summed E-state index contributed by atoms with van der Waals surface area (Å²) in [6.45, 7) is 0. The number of para-hydroxylation sites is 1. The SMILES string of the molecule is COc1ccc(-n2c(O)[nH+]c3ccccc3c2=O)cc1. The Hall–Kier alpha value is -2.82. The molecule has 1 aromatic heterocycles. The van der Waals surface area contributed by atoms with Crippen molar-refractivity contribution in [3.63, 3.8) is 0 Å². The van der Waals surface area contributed by atoms with Gasteiger partial charge in [-0.2, -0.15) is 0 Å². The molecule has 3 aromatic rings. The first-order valence-electron chi connectivity index (χ1n) is 6.11. The monoisotopic (exact) mass is 269 g/mol. The first-order valence-corrected chi connectivity index (χ1v) is 6.11. The smallest absolute Gasteiger partial charge is 0.460 e. The Kier molecular flexibility index (Phi) is 2.87. The lowest BCUT2D eigenvalue weighted by atomic mass is 10.2. The Labute approximate surface area is 114 Å². The molecule has 0 atom stereocenters. The number of nitrogens with zero attached hydrogens (tertiary/aromatic N) is 1. The highest BCUT2D eigenvalue weighted by Gasteiger charge is 2.18. The van der Waals surface area contributed by atoms with E-state index in [0.29, 0.717) is 22.3 Å². The van der Waals surface area contributed by atoms with Gasteiger partial charge in [0.2, 0.25) is 0 Å². The topological polar surface area (TPSA) is 65.6 Å². The van der Waals surface area contributed by atoms with E-state index in [1.807, 2.05) is 0 Å². The average Bonchev–Trinajstić information content (AvgIpc) is 2.48. The van der Waals surface area contributed by atoms with Crippen LogP contribution in [0.1, 0.15) is 0 Å². The van der Waals surface area contributed by atoms with E-state index in [9.17, 15) is 9.90 Å². The summed E-state index contributed by atoms with van der Waals surface area (Å²) in [7, 11) is 1.57. The predicted molar refractivity (Wildman–Crippen MR) is 74.3 cm³/mol. The molecule has 0 spiro atoms. The lowest BCUT2D eigenvalue weighted by Crippen LogP contribution is -2.25. The van der Waals surface area contributed by atoms with Crippen molar-refractivity contribution in [3.8, 4) is 17.4 Å². The molecule has 3 rings (SSSR count). The van der Waals surface area contributed by atoms with Crippen molar-refractivity contribution in [2.75, 3.05) is 7.11 Å². The van der Waals surface area contributed by atoms with Gasteiger partial charge in [0.15, 0.2) is 0 Å². The fourth-order valence-corrected chi connectivity index (χ4v) is 2.14. The van der Waals surface area contributed by atoms with Crippen molar-refractivity contribution in [1.29, 1.82) is 0 Å². The van der Waals surface area contributed by atoms with Gasteiger partial charge in [0.05, 0.1) is 7.11 Å². The van der Waals surface area contributed by atoms with Crippen molar-refractivity contribution in [1.82, 2.24) is 4.57 Å². The van der Waals surface area contributed by atoms with E-state index < -0.39 is 0 Å². The zero-order valence-electron chi connectivity index (χ0n) is 10.8. The highest BCUT2D eigenvalue weighted by molar-refractivity contribution is 5.74. The lowest BCUT2D eigenvalue weighted by Gasteiger charge is -2.03. The van der Waals surface area contributed by atoms with E-state index in [1.54, 1.807) is 55.6 Å². The standard InChI is InChI=1S/C15H12N2O3/c1-20-11-8-6-10(7-9-11)17-14(18)12-4-2-3-5-13(12)16-15(17)19/h2-9H,1H3,(H,16,19)/p+1. The Balaban J connectivity index is 2.27. The molecule has 2 N–H and O–H groups in total. The maximum atomic E-state index is 12.5. The van der Waals surface area contributed by atoms with E-state index in [-0.39, 0.29) is 11.6 Å². The fraction of sp³-hybridized carbons (Fsp3) is 0.0667. The normalized spacial score (nSPS) is 10.7. The highest BCUT2D eigenvalue weighted by atomic mass is 16.5. The summed E-state index contributed by atoms with van der Waals surface area (Å²) < 4.78 is 6.30. The number of fused-ring (bicyclic) bond motifs is 1. The van der Waals surface area contributed by atoms with Crippen LogP contribution < -0.4 is 15.3 Å². The van der Waals surface area contributed by atoms with Crippen molar-refractivity contribution in [3.05, 3.63) is 58.9 Å². The maximum absolute atomic E-state index is 12.5. The van der Waals surface area contributed by atoms with Crippen LogP contribution >= 0.6 is 0 Å². The number of hydrogen-bond donors (Lipinski definition) is 1. The zero-order chi connectivity index (χ0) is 14.1. The van der Waals surface area contributed by atoms with E-state index >= 15 is 0 Å². The minimum Gasteiger partial charge on any atom is -0.497 e. The third-order valence-corrected chi connectivity index (χ3v) is 3.15. The van der Waals surface area contributed by atoms with Gasteiger partial charge in [-0.3, -0.25) is 0 Å². The van der Waals surface area contributed by atoms with Gasteiger partial charge in [0.1, 0.15) is 22.3 Å². The number of aromatic hydroxyl groups is 1. The summed E-state index contributed by atoms with van der Waals surface area (Å²) >= 11 is 0. The molecule has 0 radical (unpaired) electrons. The van der Waals surface area contributed by atoms with Crippen molar-refractivity contribution < 1.29 is 14.8 Å². The van der Waals surface area contributed by atoms with Gasteiger partial charge in [-0.1, -0.05) is 12.1 Å². The number of benzene rings is 2. The molecular formula is C15H13N2O3+. The molecule has 0 unspecified atom stereocenters. The number of H-pyrrole nitrogens is 1. The second-order valence-corrected chi connectivity index (χ2v) is 4.33. The van der Waals surface area contributed by atoms with Gasteiger partial charge in [-0.15, -0.1) is 4.57 Å². The molecule has 20 heavy (non-hydrogen) atoms. The molecular weight excluding hydrogens is 256 g/mol. The highest BCUT2D eigenvalue weighted by Crippen LogP contribution is 2.17. The summed E-state index contributed by atoms with van der Waals surface area (Å²) in [5, 5.41) is 10.6. The van der Waals surface area contributed by atoms with E-state index in [0.717, 1.165) is 0 Å². The third kappa shape index (κ3) is 1.89. The van der Waals surface area contributed by atoms with Crippen LogP contribution in [0.25, 0.3) is 16.6 Å². The zero-order valence-corrected chi connectivity index (χ0v) is 10.8. The Morgan fingerprint density at radius 2 is 1.80 bits per heavy atom. The number of methoxy groups -OCH3 is 1. The number of nitrogens with one attached hydrogen (secondary N) is 1. The number of ether oxygens (including phenoxy) is 1. The van der Waals surface area contributed by atoms with Crippen LogP contribution in [0.2, 0.25) is 0 Å². The maximum Gasteiger partial charge on any atom is 0.460 e. The number of aromatic amines is 1. The second kappa shape index (κ2) is 4.70. The predicted octanol–water partition coefficient (Wildman–Crippen LogP) is 1.52.